The number of amides is 1. The number of halogens is 4. The maximum atomic E-state index is 13.0. The fourth-order valence-corrected chi connectivity index (χ4v) is 2.90. The first-order valence-corrected chi connectivity index (χ1v) is 9.13. The van der Waals surface area contributed by atoms with E-state index in [-0.39, 0.29) is 22.4 Å². The van der Waals surface area contributed by atoms with Crippen molar-refractivity contribution in [3.05, 3.63) is 76.7 Å². The van der Waals surface area contributed by atoms with Crippen LogP contribution in [0.5, 0.6) is 0 Å². The molecule has 0 radical (unpaired) electrons. The topological polar surface area (TPSA) is 92.9 Å². The number of aromatic nitrogens is 2. The summed E-state index contributed by atoms with van der Waals surface area (Å²) in [6.45, 7) is 1.87. The predicted octanol–water partition coefficient (Wildman–Crippen LogP) is 5.16. The van der Waals surface area contributed by atoms with Crippen molar-refractivity contribution in [2.75, 3.05) is 16.4 Å². The Kier molecular flexibility index (Phi) is 6.12. The van der Waals surface area contributed by atoms with E-state index in [0.29, 0.717) is 11.5 Å². The zero-order valence-corrected chi connectivity index (χ0v) is 16.4. The lowest BCUT2D eigenvalue weighted by Gasteiger charge is -2.16. The van der Waals surface area contributed by atoms with E-state index in [0.717, 1.165) is 17.7 Å². The van der Waals surface area contributed by atoms with Crippen molar-refractivity contribution in [3.63, 3.8) is 0 Å². The van der Waals surface area contributed by atoms with Gasteiger partial charge in [0, 0.05) is 16.9 Å². The number of nitrogens with one attached hydrogen (secondary N) is 2. The van der Waals surface area contributed by atoms with Crippen molar-refractivity contribution in [2.24, 2.45) is 0 Å². The Morgan fingerprint density at radius 2 is 1.93 bits per heavy atom. The van der Waals surface area contributed by atoms with E-state index >= 15 is 0 Å². The number of carbonyl (C=O) groups excluding carboxylic acids is 1. The van der Waals surface area contributed by atoms with E-state index in [4.69, 9.17) is 17.3 Å². The summed E-state index contributed by atoms with van der Waals surface area (Å²) in [4.78, 5) is 20.5. The summed E-state index contributed by atoms with van der Waals surface area (Å²) < 4.78 is 38.9. The Morgan fingerprint density at radius 1 is 1.17 bits per heavy atom. The number of nitrogens with two attached hydrogens (primary N) is 1. The lowest BCUT2D eigenvalue weighted by molar-refractivity contribution is -0.137. The molecule has 1 atom stereocenters. The van der Waals surface area contributed by atoms with Gasteiger partial charge in [-0.15, -0.1) is 0 Å². The van der Waals surface area contributed by atoms with E-state index in [9.17, 15) is 18.0 Å². The number of hydrogen-bond acceptors (Lipinski definition) is 5. The van der Waals surface area contributed by atoms with Gasteiger partial charge in [0.25, 0.3) is 5.91 Å². The zero-order chi connectivity index (χ0) is 21.9. The molecule has 0 spiro atoms. The molecule has 1 heterocycles. The summed E-state index contributed by atoms with van der Waals surface area (Å²) >= 11 is 5.82. The molecular formula is C20H17ClF3N5O. The van der Waals surface area contributed by atoms with Gasteiger partial charge in [-0.1, -0.05) is 23.7 Å². The van der Waals surface area contributed by atoms with Crippen LogP contribution in [-0.2, 0) is 6.18 Å². The first-order valence-electron chi connectivity index (χ1n) is 8.75. The number of benzene rings is 2. The van der Waals surface area contributed by atoms with Crippen LogP contribution in [0, 0.1) is 0 Å². The van der Waals surface area contributed by atoms with Gasteiger partial charge >= 0.3 is 6.18 Å². The van der Waals surface area contributed by atoms with Crippen molar-refractivity contribution in [1.82, 2.24) is 9.97 Å². The van der Waals surface area contributed by atoms with Crippen LogP contribution in [0.3, 0.4) is 0 Å². The molecule has 1 amide bonds. The van der Waals surface area contributed by atoms with Crippen LogP contribution in [0.2, 0.25) is 5.15 Å². The SMILES string of the molecule is CC(Nc1cncc(Cl)n1)c1cccc(NC(=O)c2cc(N)cc(C(F)(F)F)c2)c1. The molecular weight excluding hydrogens is 419 g/mol. The molecule has 0 aliphatic heterocycles. The second-order valence-electron chi connectivity index (χ2n) is 6.51. The number of rotatable bonds is 5. The van der Waals surface area contributed by atoms with Gasteiger partial charge in [-0.25, -0.2) is 4.98 Å². The van der Waals surface area contributed by atoms with Gasteiger partial charge in [-0.2, -0.15) is 13.2 Å². The van der Waals surface area contributed by atoms with E-state index < -0.39 is 17.6 Å². The fourth-order valence-electron chi connectivity index (χ4n) is 2.75. The molecule has 0 saturated heterocycles. The number of carbonyl (C=O) groups is 1. The third-order valence-corrected chi connectivity index (χ3v) is 4.34. The summed E-state index contributed by atoms with van der Waals surface area (Å²) in [6.07, 6.45) is -1.67. The van der Waals surface area contributed by atoms with E-state index in [1.54, 1.807) is 18.2 Å². The molecule has 10 heteroatoms. The van der Waals surface area contributed by atoms with Gasteiger partial charge < -0.3 is 16.4 Å². The van der Waals surface area contributed by atoms with Gasteiger partial charge in [0.2, 0.25) is 0 Å². The number of alkyl halides is 3. The molecule has 2 aromatic carbocycles. The maximum absolute atomic E-state index is 13.0. The van der Waals surface area contributed by atoms with E-state index in [2.05, 4.69) is 20.6 Å². The van der Waals surface area contributed by atoms with Crippen LogP contribution in [0.1, 0.15) is 34.5 Å². The first kappa shape index (κ1) is 21.4. The summed E-state index contributed by atoms with van der Waals surface area (Å²) in [5, 5.41) is 5.97. The molecule has 0 bridgehead atoms. The molecule has 4 N–H and O–H groups in total. The molecule has 3 aromatic rings. The van der Waals surface area contributed by atoms with Crippen LogP contribution in [0.25, 0.3) is 0 Å². The largest absolute Gasteiger partial charge is 0.416 e. The third kappa shape index (κ3) is 5.38. The van der Waals surface area contributed by atoms with Gasteiger partial charge in [0.05, 0.1) is 24.0 Å². The highest BCUT2D eigenvalue weighted by Gasteiger charge is 2.31. The number of anilines is 3. The molecule has 156 valence electrons. The standard InChI is InChI=1S/C20H17ClF3N5O/c1-11(27-18-10-26-9-17(21)29-18)12-3-2-4-16(7-12)28-19(30)13-5-14(20(22,23)24)8-15(25)6-13/h2-11H,25H2,1H3,(H,27,29)(H,28,30). The highest BCUT2D eigenvalue weighted by atomic mass is 35.5. The van der Waals surface area contributed by atoms with Crippen molar-refractivity contribution in [3.8, 4) is 0 Å². The normalized spacial score (nSPS) is 12.3. The van der Waals surface area contributed by atoms with Crippen molar-refractivity contribution < 1.29 is 18.0 Å². The number of hydrogen-bond donors (Lipinski definition) is 3. The minimum absolute atomic E-state index is 0.149. The fraction of sp³-hybridized carbons (Fsp3) is 0.150. The summed E-state index contributed by atoms with van der Waals surface area (Å²) in [6, 6.07) is 9.39. The number of nitrogens with zero attached hydrogens (tertiary/aromatic N) is 2. The maximum Gasteiger partial charge on any atom is 0.416 e. The van der Waals surface area contributed by atoms with Gasteiger partial charge in [-0.05, 0) is 42.8 Å². The molecule has 0 aliphatic rings. The molecule has 0 aliphatic carbocycles. The predicted molar refractivity (Wildman–Crippen MR) is 109 cm³/mol. The van der Waals surface area contributed by atoms with Crippen molar-refractivity contribution >= 4 is 34.7 Å². The molecule has 1 aromatic heterocycles. The van der Waals surface area contributed by atoms with Crippen molar-refractivity contribution in [2.45, 2.75) is 19.1 Å². The lowest BCUT2D eigenvalue weighted by atomic mass is 10.1. The molecule has 3 rings (SSSR count). The Labute approximate surface area is 175 Å². The second-order valence-corrected chi connectivity index (χ2v) is 6.90. The summed E-state index contributed by atoms with van der Waals surface area (Å²) in [5.74, 6) is -0.227. The Hall–Kier alpha value is -3.33. The second kappa shape index (κ2) is 8.58. The summed E-state index contributed by atoms with van der Waals surface area (Å²) in [7, 11) is 0. The van der Waals surface area contributed by atoms with Crippen LogP contribution in [-0.4, -0.2) is 15.9 Å². The molecule has 6 nitrogen and oxygen atoms in total. The quantitative estimate of drug-likeness (QED) is 0.481. The van der Waals surface area contributed by atoms with Crippen LogP contribution < -0.4 is 16.4 Å². The zero-order valence-electron chi connectivity index (χ0n) is 15.7. The Morgan fingerprint density at radius 3 is 2.63 bits per heavy atom. The Balaban J connectivity index is 1.76. The number of nitrogen functional groups attached to an aromatic ring is 1. The highest BCUT2D eigenvalue weighted by Crippen LogP contribution is 2.31. The van der Waals surface area contributed by atoms with Gasteiger partial charge in [-0.3, -0.25) is 9.78 Å². The van der Waals surface area contributed by atoms with Gasteiger partial charge in [0.15, 0.2) is 0 Å². The monoisotopic (exact) mass is 435 g/mol. The molecule has 0 saturated carbocycles. The third-order valence-electron chi connectivity index (χ3n) is 4.16. The minimum atomic E-state index is -4.60. The van der Waals surface area contributed by atoms with Crippen LogP contribution >= 0.6 is 11.6 Å². The van der Waals surface area contributed by atoms with E-state index in [1.165, 1.54) is 18.5 Å². The average molecular weight is 436 g/mol. The molecule has 30 heavy (non-hydrogen) atoms. The first-order chi connectivity index (χ1) is 14.1. The smallest absolute Gasteiger partial charge is 0.399 e. The Bertz CT molecular complexity index is 1070. The highest BCUT2D eigenvalue weighted by molar-refractivity contribution is 6.29. The van der Waals surface area contributed by atoms with Gasteiger partial charge in [0.1, 0.15) is 11.0 Å². The van der Waals surface area contributed by atoms with E-state index in [1.807, 2.05) is 13.0 Å². The van der Waals surface area contributed by atoms with Crippen LogP contribution in [0.4, 0.5) is 30.4 Å². The molecule has 1 unspecified atom stereocenters. The lowest BCUT2D eigenvalue weighted by Crippen LogP contribution is -2.15. The summed E-state index contributed by atoms with van der Waals surface area (Å²) in [5.41, 5.74) is 5.43. The van der Waals surface area contributed by atoms with Crippen LogP contribution in [0.15, 0.2) is 54.9 Å². The average Bonchev–Trinajstić information content (AvgIpc) is 2.67. The minimum Gasteiger partial charge on any atom is -0.399 e. The molecule has 0 fully saturated rings. The van der Waals surface area contributed by atoms with Crippen molar-refractivity contribution in [1.29, 1.82) is 0 Å².